The van der Waals surface area contributed by atoms with Gasteiger partial charge in [-0.3, -0.25) is 0 Å². The van der Waals surface area contributed by atoms with E-state index >= 15 is 0 Å². The Bertz CT molecular complexity index is 357. The zero-order chi connectivity index (χ0) is 11.6. The first-order valence-electron chi connectivity index (χ1n) is 5.90. The SMILES string of the molecule is CC(O)(c1cccc(N)c1)C1CCCNC1. The Labute approximate surface area is 96.7 Å². The number of nitrogen functional groups attached to an aromatic ring is 1. The molecule has 0 spiro atoms. The van der Waals surface area contributed by atoms with E-state index in [1.165, 1.54) is 0 Å². The lowest BCUT2D eigenvalue weighted by Crippen LogP contribution is -2.42. The normalized spacial score (nSPS) is 25.0. The predicted molar refractivity (Wildman–Crippen MR) is 66.0 cm³/mol. The summed E-state index contributed by atoms with van der Waals surface area (Å²) in [5.41, 5.74) is 6.60. The fraction of sp³-hybridized carbons (Fsp3) is 0.538. The van der Waals surface area contributed by atoms with Crippen molar-refractivity contribution < 1.29 is 5.11 Å². The Morgan fingerprint density at radius 2 is 2.31 bits per heavy atom. The molecule has 0 radical (unpaired) electrons. The van der Waals surface area contributed by atoms with Gasteiger partial charge in [-0.2, -0.15) is 0 Å². The first-order valence-corrected chi connectivity index (χ1v) is 5.90. The van der Waals surface area contributed by atoms with Crippen molar-refractivity contribution in [3.05, 3.63) is 29.8 Å². The van der Waals surface area contributed by atoms with E-state index < -0.39 is 5.60 Å². The number of benzene rings is 1. The number of hydrogen-bond acceptors (Lipinski definition) is 3. The second-order valence-electron chi connectivity index (χ2n) is 4.82. The van der Waals surface area contributed by atoms with Gasteiger partial charge in [-0.25, -0.2) is 0 Å². The summed E-state index contributed by atoms with van der Waals surface area (Å²) in [5.74, 6) is 0.267. The van der Waals surface area contributed by atoms with E-state index in [1.807, 2.05) is 31.2 Å². The lowest BCUT2D eigenvalue weighted by Gasteiger charge is -2.36. The van der Waals surface area contributed by atoms with E-state index in [2.05, 4.69) is 5.32 Å². The Hall–Kier alpha value is -1.06. The summed E-state index contributed by atoms with van der Waals surface area (Å²) in [6.45, 7) is 3.82. The average Bonchev–Trinajstić information content (AvgIpc) is 2.30. The first kappa shape index (κ1) is 11.4. The van der Waals surface area contributed by atoms with E-state index in [9.17, 15) is 5.11 Å². The smallest absolute Gasteiger partial charge is 0.0909 e. The van der Waals surface area contributed by atoms with Crippen LogP contribution in [0.15, 0.2) is 24.3 Å². The van der Waals surface area contributed by atoms with Crippen molar-refractivity contribution in [2.24, 2.45) is 5.92 Å². The first-order chi connectivity index (χ1) is 7.60. The highest BCUT2D eigenvalue weighted by molar-refractivity contribution is 5.42. The molecule has 4 N–H and O–H groups in total. The Morgan fingerprint density at radius 3 is 2.94 bits per heavy atom. The van der Waals surface area contributed by atoms with Gasteiger partial charge >= 0.3 is 0 Å². The molecule has 1 aromatic carbocycles. The number of nitrogens with one attached hydrogen (secondary N) is 1. The van der Waals surface area contributed by atoms with Crippen LogP contribution in [0.3, 0.4) is 0 Å². The maximum absolute atomic E-state index is 10.6. The molecule has 0 amide bonds. The highest BCUT2D eigenvalue weighted by Gasteiger charge is 2.34. The molecular weight excluding hydrogens is 200 g/mol. The van der Waals surface area contributed by atoms with E-state index in [-0.39, 0.29) is 5.92 Å². The molecule has 3 heteroatoms. The van der Waals surface area contributed by atoms with Crippen LogP contribution in [0.2, 0.25) is 0 Å². The maximum Gasteiger partial charge on any atom is 0.0909 e. The second kappa shape index (κ2) is 4.44. The molecule has 0 saturated carbocycles. The van der Waals surface area contributed by atoms with Crippen molar-refractivity contribution in [3.8, 4) is 0 Å². The van der Waals surface area contributed by atoms with Crippen LogP contribution < -0.4 is 11.1 Å². The van der Waals surface area contributed by atoms with Gasteiger partial charge in [0.05, 0.1) is 5.60 Å². The van der Waals surface area contributed by atoms with Crippen molar-refractivity contribution in [2.45, 2.75) is 25.4 Å². The molecule has 1 heterocycles. The lowest BCUT2D eigenvalue weighted by molar-refractivity contribution is -0.0156. The molecule has 0 aromatic heterocycles. The third-order valence-electron chi connectivity index (χ3n) is 3.56. The second-order valence-corrected chi connectivity index (χ2v) is 4.82. The van der Waals surface area contributed by atoms with E-state index in [1.54, 1.807) is 0 Å². The third-order valence-corrected chi connectivity index (χ3v) is 3.56. The molecule has 2 atom stereocenters. The third kappa shape index (κ3) is 2.20. The van der Waals surface area contributed by atoms with Gasteiger partial charge in [-0.15, -0.1) is 0 Å². The molecule has 2 unspecified atom stereocenters. The van der Waals surface area contributed by atoms with Crippen LogP contribution in [0.1, 0.15) is 25.3 Å². The summed E-state index contributed by atoms with van der Waals surface area (Å²) in [4.78, 5) is 0. The number of nitrogens with two attached hydrogens (primary N) is 1. The summed E-state index contributed by atoms with van der Waals surface area (Å²) >= 11 is 0. The summed E-state index contributed by atoms with van der Waals surface area (Å²) in [6, 6.07) is 7.56. The van der Waals surface area contributed by atoms with Gasteiger partial charge in [-0.05, 0) is 44.0 Å². The van der Waals surface area contributed by atoms with Gasteiger partial charge in [0.15, 0.2) is 0 Å². The number of piperidine rings is 1. The number of rotatable bonds is 2. The van der Waals surface area contributed by atoms with Crippen molar-refractivity contribution in [3.63, 3.8) is 0 Å². The number of hydrogen-bond donors (Lipinski definition) is 3. The molecule has 16 heavy (non-hydrogen) atoms. The molecular formula is C13H20N2O. The van der Waals surface area contributed by atoms with Gasteiger partial charge in [0.2, 0.25) is 0 Å². The van der Waals surface area contributed by atoms with Gasteiger partial charge in [0, 0.05) is 18.2 Å². The number of aliphatic hydroxyl groups is 1. The highest BCUT2D eigenvalue weighted by atomic mass is 16.3. The van der Waals surface area contributed by atoms with E-state index in [4.69, 9.17) is 5.73 Å². The molecule has 1 aromatic rings. The molecule has 3 nitrogen and oxygen atoms in total. The van der Waals surface area contributed by atoms with Crippen molar-refractivity contribution in [2.75, 3.05) is 18.8 Å². The van der Waals surface area contributed by atoms with Gasteiger partial charge in [-0.1, -0.05) is 12.1 Å². The van der Waals surface area contributed by atoms with Crippen LogP contribution in [0.5, 0.6) is 0 Å². The molecule has 0 bridgehead atoms. The van der Waals surface area contributed by atoms with Gasteiger partial charge < -0.3 is 16.2 Å². The van der Waals surface area contributed by atoms with Crippen LogP contribution >= 0.6 is 0 Å². The minimum absolute atomic E-state index is 0.267. The quantitative estimate of drug-likeness (QED) is 0.662. The molecule has 1 aliphatic heterocycles. The summed E-state index contributed by atoms with van der Waals surface area (Å²) < 4.78 is 0. The minimum Gasteiger partial charge on any atom is -0.399 e. The zero-order valence-corrected chi connectivity index (χ0v) is 9.74. The van der Waals surface area contributed by atoms with Crippen LogP contribution in [0.25, 0.3) is 0 Å². The molecule has 2 rings (SSSR count). The number of anilines is 1. The monoisotopic (exact) mass is 220 g/mol. The van der Waals surface area contributed by atoms with E-state index in [0.29, 0.717) is 5.69 Å². The lowest BCUT2D eigenvalue weighted by atomic mass is 9.79. The summed E-state index contributed by atoms with van der Waals surface area (Å²) in [7, 11) is 0. The van der Waals surface area contributed by atoms with Crippen molar-refractivity contribution in [1.29, 1.82) is 0 Å². The molecule has 1 fully saturated rings. The zero-order valence-electron chi connectivity index (χ0n) is 9.74. The molecule has 1 saturated heterocycles. The van der Waals surface area contributed by atoms with Crippen LogP contribution in [0.4, 0.5) is 5.69 Å². The van der Waals surface area contributed by atoms with Gasteiger partial charge in [0.25, 0.3) is 0 Å². The highest BCUT2D eigenvalue weighted by Crippen LogP contribution is 2.33. The topological polar surface area (TPSA) is 58.3 Å². The largest absolute Gasteiger partial charge is 0.399 e. The molecule has 1 aliphatic rings. The summed E-state index contributed by atoms with van der Waals surface area (Å²) in [6.07, 6.45) is 2.19. The fourth-order valence-electron chi connectivity index (χ4n) is 2.42. The fourth-order valence-corrected chi connectivity index (χ4v) is 2.42. The minimum atomic E-state index is -0.789. The van der Waals surface area contributed by atoms with Crippen molar-refractivity contribution in [1.82, 2.24) is 5.32 Å². The maximum atomic E-state index is 10.6. The van der Waals surface area contributed by atoms with Crippen molar-refractivity contribution >= 4 is 5.69 Å². The van der Waals surface area contributed by atoms with Crippen LogP contribution in [-0.4, -0.2) is 18.2 Å². The Kier molecular flexibility index (Phi) is 3.17. The summed E-state index contributed by atoms with van der Waals surface area (Å²) in [5, 5.41) is 14.0. The predicted octanol–water partition coefficient (Wildman–Crippen LogP) is 1.48. The average molecular weight is 220 g/mol. The Balaban J connectivity index is 2.22. The van der Waals surface area contributed by atoms with Crippen LogP contribution in [0, 0.1) is 5.92 Å². The van der Waals surface area contributed by atoms with Crippen LogP contribution in [-0.2, 0) is 5.60 Å². The van der Waals surface area contributed by atoms with E-state index in [0.717, 1.165) is 31.5 Å². The molecule has 0 aliphatic carbocycles. The molecule has 88 valence electrons. The standard InChI is InChI=1S/C13H20N2O/c1-13(16,11-5-3-7-15-9-11)10-4-2-6-12(14)8-10/h2,4,6,8,11,15-16H,3,5,7,9,14H2,1H3. The van der Waals surface area contributed by atoms with Gasteiger partial charge in [0.1, 0.15) is 0 Å². The Morgan fingerprint density at radius 1 is 1.50 bits per heavy atom.